The van der Waals surface area contributed by atoms with Gasteiger partial charge in [-0.15, -0.1) is 16.4 Å². The van der Waals surface area contributed by atoms with Gasteiger partial charge in [0.25, 0.3) is 0 Å². The van der Waals surface area contributed by atoms with E-state index in [0.29, 0.717) is 26.2 Å². The van der Waals surface area contributed by atoms with E-state index in [0.717, 1.165) is 26.7 Å². The summed E-state index contributed by atoms with van der Waals surface area (Å²) >= 11 is 1.63. The van der Waals surface area contributed by atoms with Crippen LogP contribution in [0.1, 0.15) is 11.3 Å². The Balaban J connectivity index is 1.19. The Labute approximate surface area is 188 Å². The highest BCUT2D eigenvalue weighted by molar-refractivity contribution is 7.17. The molecule has 11 heteroatoms. The van der Waals surface area contributed by atoms with Crippen LogP contribution in [-0.2, 0) is 16.2 Å². The lowest BCUT2D eigenvalue weighted by molar-refractivity contribution is 0.0390. The molecule has 1 saturated heterocycles. The van der Waals surface area contributed by atoms with E-state index >= 15 is 0 Å². The predicted molar refractivity (Wildman–Crippen MR) is 119 cm³/mol. The topological polar surface area (TPSA) is 114 Å². The first-order valence-corrected chi connectivity index (χ1v) is 11.1. The minimum atomic E-state index is -0.346. The molecule has 2 atom stereocenters. The highest BCUT2D eigenvalue weighted by atomic mass is 32.1. The average molecular weight is 455 g/mol. The third-order valence-electron chi connectivity index (χ3n) is 5.28. The van der Waals surface area contributed by atoms with Crippen molar-refractivity contribution in [3.8, 4) is 10.4 Å². The maximum atomic E-state index is 12.3. The van der Waals surface area contributed by atoms with Crippen LogP contribution in [0.15, 0.2) is 53.9 Å². The number of cyclic esters (lactones) is 1. The summed E-state index contributed by atoms with van der Waals surface area (Å²) in [5.41, 5.74) is 2.72. The Bertz CT molecular complexity index is 1100. The Kier molecular flexibility index (Phi) is 5.84. The molecular formula is C21H22N6O4S. The maximum absolute atomic E-state index is 12.3. The number of thiophene rings is 1. The van der Waals surface area contributed by atoms with Crippen LogP contribution in [0.25, 0.3) is 10.4 Å². The van der Waals surface area contributed by atoms with Crippen LogP contribution in [0.2, 0.25) is 0 Å². The van der Waals surface area contributed by atoms with E-state index in [4.69, 9.17) is 9.57 Å². The van der Waals surface area contributed by atoms with Gasteiger partial charge in [0, 0.05) is 29.7 Å². The molecule has 2 aliphatic rings. The molecule has 1 amide bonds. The van der Waals surface area contributed by atoms with Crippen LogP contribution in [0.4, 0.5) is 10.5 Å². The monoisotopic (exact) mass is 454 g/mol. The number of aromatic nitrogens is 3. The van der Waals surface area contributed by atoms with E-state index in [1.807, 2.05) is 36.4 Å². The van der Waals surface area contributed by atoms with Crippen LogP contribution in [0.3, 0.4) is 0 Å². The van der Waals surface area contributed by atoms with E-state index in [1.54, 1.807) is 33.3 Å². The highest BCUT2D eigenvalue weighted by Crippen LogP contribution is 2.32. The standard InChI is InChI=1S/C21H22N6O4S/c28-12-16-9-18(24-31-16)20-6-5-19(32-20)14-1-3-15(4-2-14)27-11-17(30-21(27)29)10-22-13-26-8-7-23-25-26/h1-8,16-17,22,28H,9-13H2. The number of carbonyl (C=O) groups excluding carboxylic acids is 1. The zero-order chi connectivity index (χ0) is 21.9. The van der Waals surface area contributed by atoms with Gasteiger partial charge in [-0.25, -0.2) is 9.48 Å². The van der Waals surface area contributed by atoms with Gasteiger partial charge in [-0.1, -0.05) is 22.5 Å². The number of aliphatic hydroxyl groups is 1. The zero-order valence-corrected chi connectivity index (χ0v) is 17.9. The summed E-state index contributed by atoms with van der Waals surface area (Å²) in [6.45, 7) is 1.48. The zero-order valence-electron chi connectivity index (χ0n) is 17.1. The Hall–Kier alpha value is -3.28. The van der Waals surface area contributed by atoms with Crippen molar-refractivity contribution in [2.45, 2.75) is 25.3 Å². The van der Waals surface area contributed by atoms with Gasteiger partial charge in [0.2, 0.25) is 0 Å². The van der Waals surface area contributed by atoms with Gasteiger partial charge in [0.1, 0.15) is 11.8 Å². The fourth-order valence-corrected chi connectivity index (χ4v) is 4.62. The third kappa shape index (κ3) is 4.35. The first-order valence-electron chi connectivity index (χ1n) is 10.3. The van der Waals surface area contributed by atoms with Crippen LogP contribution in [-0.4, -0.2) is 63.8 Å². The number of anilines is 1. The molecule has 2 aromatic heterocycles. The Morgan fingerprint density at radius 1 is 1.16 bits per heavy atom. The van der Waals surface area contributed by atoms with Crippen molar-refractivity contribution in [2.75, 3.05) is 24.6 Å². The Morgan fingerprint density at radius 2 is 2.00 bits per heavy atom. The number of aliphatic hydroxyl groups excluding tert-OH is 1. The summed E-state index contributed by atoms with van der Waals surface area (Å²) in [5, 5.41) is 24.1. The number of carbonyl (C=O) groups is 1. The molecule has 166 valence electrons. The maximum Gasteiger partial charge on any atom is 0.414 e. The summed E-state index contributed by atoms with van der Waals surface area (Å²) in [6, 6.07) is 11.9. The molecule has 1 aromatic carbocycles. The molecule has 10 nitrogen and oxygen atoms in total. The molecule has 2 aliphatic heterocycles. The summed E-state index contributed by atoms with van der Waals surface area (Å²) < 4.78 is 7.15. The molecule has 5 rings (SSSR count). The summed E-state index contributed by atoms with van der Waals surface area (Å²) in [6.07, 6.45) is 3.16. The van der Waals surface area contributed by atoms with Crippen molar-refractivity contribution in [1.29, 1.82) is 0 Å². The third-order valence-corrected chi connectivity index (χ3v) is 6.47. The largest absolute Gasteiger partial charge is 0.443 e. The minimum Gasteiger partial charge on any atom is -0.443 e. The molecular weight excluding hydrogens is 432 g/mol. The number of nitrogens with zero attached hydrogens (tertiary/aromatic N) is 5. The van der Waals surface area contributed by atoms with Gasteiger partial charge >= 0.3 is 6.09 Å². The van der Waals surface area contributed by atoms with E-state index < -0.39 is 0 Å². The predicted octanol–water partition coefficient (Wildman–Crippen LogP) is 2.06. The van der Waals surface area contributed by atoms with Gasteiger partial charge in [0.15, 0.2) is 6.10 Å². The smallest absolute Gasteiger partial charge is 0.414 e. The number of hydrogen-bond donors (Lipinski definition) is 2. The summed E-state index contributed by atoms with van der Waals surface area (Å²) in [4.78, 5) is 21.3. The molecule has 0 bridgehead atoms. The number of nitrogens with one attached hydrogen (secondary N) is 1. The molecule has 32 heavy (non-hydrogen) atoms. The van der Waals surface area contributed by atoms with Gasteiger partial charge in [-0.2, -0.15) is 0 Å². The number of rotatable bonds is 8. The SMILES string of the molecule is O=C1OC(CNCn2ccnn2)CN1c1ccc(-c2ccc(C3=NOC(CO)C3)s2)cc1. The van der Waals surface area contributed by atoms with Gasteiger partial charge < -0.3 is 14.7 Å². The van der Waals surface area contributed by atoms with E-state index in [9.17, 15) is 9.90 Å². The number of benzene rings is 1. The van der Waals surface area contributed by atoms with Crippen LogP contribution in [0.5, 0.6) is 0 Å². The van der Waals surface area contributed by atoms with Crippen molar-refractivity contribution in [2.24, 2.45) is 5.16 Å². The molecule has 1 fully saturated rings. The lowest BCUT2D eigenvalue weighted by Crippen LogP contribution is -2.32. The molecule has 2 N–H and O–H groups in total. The lowest BCUT2D eigenvalue weighted by atomic mass is 10.1. The quantitative estimate of drug-likeness (QED) is 0.536. The van der Waals surface area contributed by atoms with Crippen LogP contribution >= 0.6 is 11.3 Å². The van der Waals surface area contributed by atoms with Gasteiger partial charge in [-0.3, -0.25) is 10.2 Å². The number of ether oxygens (including phenoxy) is 1. The van der Waals surface area contributed by atoms with Crippen molar-refractivity contribution < 1.29 is 19.5 Å². The Morgan fingerprint density at radius 3 is 2.75 bits per heavy atom. The average Bonchev–Trinajstić information content (AvgIpc) is 3.60. The molecule has 0 spiro atoms. The van der Waals surface area contributed by atoms with Crippen molar-refractivity contribution in [3.05, 3.63) is 53.7 Å². The van der Waals surface area contributed by atoms with Crippen LogP contribution in [0, 0.1) is 0 Å². The van der Waals surface area contributed by atoms with E-state index in [-0.39, 0.29) is 24.9 Å². The highest BCUT2D eigenvalue weighted by Gasteiger charge is 2.32. The second-order valence-corrected chi connectivity index (χ2v) is 8.62. The molecule has 0 saturated carbocycles. The fourth-order valence-electron chi connectivity index (χ4n) is 3.62. The minimum absolute atomic E-state index is 0.0373. The number of amides is 1. The van der Waals surface area contributed by atoms with Crippen molar-refractivity contribution >= 4 is 28.8 Å². The number of oxime groups is 1. The van der Waals surface area contributed by atoms with Crippen molar-refractivity contribution in [3.63, 3.8) is 0 Å². The molecule has 0 aliphatic carbocycles. The second-order valence-electron chi connectivity index (χ2n) is 7.53. The normalized spacial score (nSPS) is 20.3. The van der Waals surface area contributed by atoms with Gasteiger partial charge in [-0.05, 0) is 29.8 Å². The first kappa shape index (κ1) is 20.6. The molecule has 0 radical (unpaired) electrons. The fraction of sp³-hybridized carbons (Fsp3) is 0.333. The van der Waals surface area contributed by atoms with E-state index in [1.165, 1.54) is 0 Å². The molecule has 4 heterocycles. The molecule has 2 unspecified atom stereocenters. The van der Waals surface area contributed by atoms with E-state index in [2.05, 4.69) is 20.8 Å². The summed E-state index contributed by atoms with van der Waals surface area (Å²) in [7, 11) is 0. The number of hydrogen-bond acceptors (Lipinski definition) is 9. The van der Waals surface area contributed by atoms with Crippen LogP contribution < -0.4 is 10.2 Å². The first-order chi connectivity index (χ1) is 15.7. The van der Waals surface area contributed by atoms with Gasteiger partial charge in [0.05, 0.1) is 30.9 Å². The lowest BCUT2D eigenvalue weighted by Gasteiger charge is -2.13. The molecule has 3 aromatic rings. The second kappa shape index (κ2) is 9.07. The van der Waals surface area contributed by atoms with Crippen molar-refractivity contribution in [1.82, 2.24) is 20.3 Å². The summed E-state index contributed by atoms with van der Waals surface area (Å²) in [5.74, 6) is 0.